The lowest BCUT2D eigenvalue weighted by atomic mass is 10.1. The number of rotatable bonds is 7. The van der Waals surface area contributed by atoms with Crippen molar-refractivity contribution in [3.63, 3.8) is 0 Å². The molecule has 1 aromatic rings. The lowest BCUT2D eigenvalue weighted by Crippen LogP contribution is -2.33. The van der Waals surface area contributed by atoms with Crippen molar-refractivity contribution < 1.29 is 20.1 Å². The van der Waals surface area contributed by atoms with Crippen LogP contribution in [0.2, 0.25) is 0 Å². The van der Waals surface area contributed by atoms with Crippen LogP contribution in [-0.4, -0.2) is 49.8 Å². The third-order valence-corrected chi connectivity index (χ3v) is 4.30. The fourth-order valence-corrected chi connectivity index (χ4v) is 2.83. The van der Waals surface area contributed by atoms with E-state index in [0.717, 1.165) is 19.3 Å². The Balaban J connectivity index is 2.09. The number of aliphatic hydroxyl groups excluding tert-OH is 3. The van der Waals surface area contributed by atoms with Gasteiger partial charge in [-0.15, -0.1) is 0 Å². The predicted molar refractivity (Wildman–Crippen MR) is 90.2 cm³/mol. The fourth-order valence-electron chi connectivity index (χ4n) is 2.83. The Morgan fingerprint density at radius 2 is 2.00 bits per heavy atom. The number of nitrogens with zero attached hydrogens (tertiary/aromatic N) is 3. The number of aromatic nitrogens is 2. The van der Waals surface area contributed by atoms with E-state index in [0.29, 0.717) is 5.69 Å². The zero-order valence-electron chi connectivity index (χ0n) is 14.4. The third-order valence-electron chi connectivity index (χ3n) is 4.30. The molecule has 1 aliphatic rings. The number of imidazole rings is 1. The lowest BCUT2D eigenvalue weighted by molar-refractivity contribution is -0.0531. The molecular weight excluding hydrogens is 322 g/mol. The topological polar surface area (TPSA) is 112 Å². The summed E-state index contributed by atoms with van der Waals surface area (Å²) >= 11 is 0. The molecule has 0 unspecified atom stereocenters. The molecular formula is C18H25N3O4. The molecule has 1 fully saturated rings. The van der Waals surface area contributed by atoms with Crippen molar-refractivity contribution in [2.45, 2.75) is 70.0 Å². The molecule has 3 N–H and O–H groups in total. The number of hydrogen-bond donors (Lipinski definition) is 3. The maximum atomic E-state index is 10.1. The summed E-state index contributed by atoms with van der Waals surface area (Å²) in [6.07, 6.45) is 3.57. The van der Waals surface area contributed by atoms with Crippen LogP contribution in [0.5, 0.6) is 0 Å². The van der Waals surface area contributed by atoms with Gasteiger partial charge in [-0.05, 0) is 12.3 Å². The molecule has 0 aliphatic carbocycles. The molecule has 4 atom stereocenters. The van der Waals surface area contributed by atoms with Crippen LogP contribution in [0.4, 0.5) is 0 Å². The van der Waals surface area contributed by atoms with E-state index in [1.54, 1.807) is 0 Å². The van der Waals surface area contributed by atoms with E-state index in [1.807, 2.05) is 6.07 Å². The zero-order chi connectivity index (χ0) is 18.2. The number of nitriles is 1. The minimum Gasteiger partial charge on any atom is -0.394 e. The van der Waals surface area contributed by atoms with Gasteiger partial charge in [0.15, 0.2) is 11.9 Å². The summed E-state index contributed by atoms with van der Waals surface area (Å²) < 4.78 is 6.94. The van der Waals surface area contributed by atoms with Crippen molar-refractivity contribution in [1.29, 1.82) is 5.26 Å². The molecule has 2 rings (SSSR count). The number of ether oxygens (including phenoxy) is 1. The average Bonchev–Trinajstić information content (AvgIpc) is 3.15. The SMILES string of the molecule is CCCCCCCC#Cc1c(C#N)ncn1[C@@H]1O[C@H](CO)[C@@H](O)[C@H]1O. The number of unbranched alkanes of at least 4 members (excludes halogenated alkanes) is 5. The lowest BCUT2D eigenvalue weighted by Gasteiger charge is -2.17. The highest BCUT2D eigenvalue weighted by molar-refractivity contribution is 5.40. The zero-order valence-corrected chi connectivity index (χ0v) is 14.4. The van der Waals surface area contributed by atoms with Crippen LogP contribution in [0.1, 0.15) is 63.1 Å². The van der Waals surface area contributed by atoms with Crippen molar-refractivity contribution >= 4 is 0 Å². The minimum atomic E-state index is -1.23. The summed E-state index contributed by atoms with van der Waals surface area (Å²) in [7, 11) is 0. The Bertz CT molecular complexity index is 656. The molecule has 136 valence electrons. The molecule has 1 aliphatic heterocycles. The molecule has 7 nitrogen and oxygen atoms in total. The summed E-state index contributed by atoms with van der Waals surface area (Å²) in [5.41, 5.74) is 0.502. The highest BCUT2D eigenvalue weighted by Crippen LogP contribution is 2.30. The third kappa shape index (κ3) is 4.59. The number of hydrogen-bond acceptors (Lipinski definition) is 6. The highest BCUT2D eigenvalue weighted by atomic mass is 16.6. The van der Waals surface area contributed by atoms with E-state index in [9.17, 15) is 20.6 Å². The van der Waals surface area contributed by atoms with Crippen LogP contribution in [0.25, 0.3) is 0 Å². The van der Waals surface area contributed by atoms with Gasteiger partial charge in [0.05, 0.1) is 12.9 Å². The van der Waals surface area contributed by atoms with Gasteiger partial charge in [0.25, 0.3) is 0 Å². The van der Waals surface area contributed by atoms with E-state index in [1.165, 1.54) is 30.2 Å². The van der Waals surface area contributed by atoms with Crippen LogP contribution >= 0.6 is 0 Å². The standard InChI is InChI=1S/C18H25N3O4/c1-2-3-4-5-6-7-8-9-14-13(10-19)20-12-21(14)18-17(24)16(23)15(11-22)25-18/h12,15-18,22-24H,2-7,11H2,1H3/t15-,16-,17-,18-/m1/s1. The smallest absolute Gasteiger partial charge is 0.174 e. The monoisotopic (exact) mass is 347 g/mol. The van der Waals surface area contributed by atoms with Gasteiger partial charge in [-0.25, -0.2) is 4.98 Å². The fraction of sp³-hybridized carbons (Fsp3) is 0.667. The first-order valence-corrected chi connectivity index (χ1v) is 8.72. The molecule has 7 heteroatoms. The number of aliphatic hydroxyl groups is 3. The first-order valence-electron chi connectivity index (χ1n) is 8.72. The molecule has 25 heavy (non-hydrogen) atoms. The van der Waals surface area contributed by atoms with Crippen LogP contribution in [0, 0.1) is 23.2 Å². The Morgan fingerprint density at radius 1 is 1.24 bits per heavy atom. The molecule has 0 saturated carbocycles. The Labute approximate surface area is 147 Å². The van der Waals surface area contributed by atoms with Crippen molar-refractivity contribution in [1.82, 2.24) is 9.55 Å². The van der Waals surface area contributed by atoms with E-state index >= 15 is 0 Å². The second-order valence-corrected chi connectivity index (χ2v) is 6.16. The predicted octanol–water partition coefficient (Wildman–Crippen LogP) is 1.08. The highest BCUT2D eigenvalue weighted by Gasteiger charge is 2.44. The molecule has 0 radical (unpaired) electrons. The van der Waals surface area contributed by atoms with E-state index in [2.05, 4.69) is 23.7 Å². The van der Waals surface area contributed by atoms with Crippen molar-refractivity contribution in [3.05, 3.63) is 17.7 Å². The van der Waals surface area contributed by atoms with Gasteiger partial charge < -0.3 is 20.1 Å². The first-order chi connectivity index (χ1) is 12.1. The Morgan fingerprint density at radius 3 is 2.64 bits per heavy atom. The van der Waals surface area contributed by atoms with Crippen LogP contribution in [0.3, 0.4) is 0 Å². The van der Waals surface area contributed by atoms with Crippen molar-refractivity contribution in [3.8, 4) is 17.9 Å². The molecule has 1 saturated heterocycles. The average molecular weight is 347 g/mol. The second kappa shape index (κ2) is 9.55. The van der Waals surface area contributed by atoms with E-state index < -0.39 is 31.1 Å². The summed E-state index contributed by atoms with van der Waals surface area (Å²) in [6.45, 7) is 1.76. The molecule has 0 amide bonds. The summed E-state index contributed by atoms with van der Waals surface area (Å²) in [5.74, 6) is 5.99. The molecule has 0 aromatic carbocycles. The van der Waals surface area contributed by atoms with E-state index in [-0.39, 0.29) is 5.69 Å². The van der Waals surface area contributed by atoms with Gasteiger partial charge in [0.1, 0.15) is 30.1 Å². The largest absolute Gasteiger partial charge is 0.394 e. The molecule has 0 bridgehead atoms. The Hall–Kier alpha value is -1.90. The van der Waals surface area contributed by atoms with Gasteiger partial charge in [-0.3, -0.25) is 4.57 Å². The van der Waals surface area contributed by atoms with Crippen LogP contribution in [-0.2, 0) is 4.74 Å². The maximum Gasteiger partial charge on any atom is 0.174 e. The normalized spacial score (nSPS) is 25.4. The van der Waals surface area contributed by atoms with Gasteiger partial charge in [-0.2, -0.15) is 5.26 Å². The van der Waals surface area contributed by atoms with Crippen molar-refractivity contribution in [2.24, 2.45) is 0 Å². The first kappa shape index (κ1) is 19.4. The summed E-state index contributed by atoms with van der Waals surface area (Å²) in [5, 5.41) is 38.4. The van der Waals surface area contributed by atoms with Crippen LogP contribution in [0.15, 0.2) is 6.33 Å². The summed E-state index contributed by atoms with van der Waals surface area (Å²) in [4.78, 5) is 3.99. The van der Waals surface area contributed by atoms with Gasteiger partial charge >= 0.3 is 0 Å². The molecule has 2 heterocycles. The molecule has 0 spiro atoms. The maximum absolute atomic E-state index is 10.1. The van der Waals surface area contributed by atoms with Crippen LogP contribution < -0.4 is 0 Å². The van der Waals surface area contributed by atoms with Gasteiger partial charge in [-0.1, -0.05) is 38.5 Å². The minimum absolute atomic E-state index is 0.149. The Kier molecular flexibility index (Phi) is 7.42. The van der Waals surface area contributed by atoms with Gasteiger partial charge in [0.2, 0.25) is 0 Å². The summed E-state index contributed by atoms with van der Waals surface area (Å²) in [6, 6.07) is 1.98. The van der Waals surface area contributed by atoms with Gasteiger partial charge in [0, 0.05) is 6.42 Å². The van der Waals surface area contributed by atoms with E-state index in [4.69, 9.17) is 4.74 Å². The second-order valence-electron chi connectivity index (χ2n) is 6.16. The van der Waals surface area contributed by atoms with Crippen molar-refractivity contribution in [2.75, 3.05) is 6.61 Å². The molecule has 1 aromatic heterocycles. The quantitative estimate of drug-likeness (QED) is 0.503.